The third-order valence-electron chi connectivity index (χ3n) is 4.15. The van der Waals surface area contributed by atoms with E-state index in [-0.39, 0.29) is 10.5 Å². The maximum atomic E-state index is 12.7. The summed E-state index contributed by atoms with van der Waals surface area (Å²) in [5, 5.41) is 0. The molecule has 2 aromatic carbocycles. The van der Waals surface area contributed by atoms with Crippen molar-refractivity contribution in [3.63, 3.8) is 0 Å². The smallest absolute Gasteiger partial charge is 0.269 e. The van der Waals surface area contributed by atoms with E-state index < -0.39 is 15.9 Å². The zero-order valence-electron chi connectivity index (χ0n) is 16.2. The van der Waals surface area contributed by atoms with Crippen molar-refractivity contribution < 1.29 is 13.2 Å². The van der Waals surface area contributed by atoms with E-state index in [1.165, 1.54) is 12.1 Å². The highest BCUT2D eigenvalue weighted by molar-refractivity contribution is 7.92. The third kappa shape index (κ3) is 5.34. The molecule has 0 aromatic heterocycles. The largest absolute Gasteiger partial charge is 0.303 e. The minimum atomic E-state index is -3.81. The highest BCUT2D eigenvalue weighted by Crippen LogP contribution is 2.21. The van der Waals surface area contributed by atoms with Crippen molar-refractivity contribution in [2.45, 2.75) is 39.5 Å². The summed E-state index contributed by atoms with van der Waals surface area (Å²) in [6, 6.07) is 11.4. The fourth-order valence-corrected chi connectivity index (χ4v) is 3.46. The highest BCUT2D eigenvalue weighted by Gasteiger charge is 2.17. The number of nitrogens with one attached hydrogen (secondary N) is 3. The van der Waals surface area contributed by atoms with Gasteiger partial charge in [-0.15, -0.1) is 0 Å². The molecule has 0 unspecified atom stereocenters. The lowest BCUT2D eigenvalue weighted by Gasteiger charge is -2.13. The summed E-state index contributed by atoms with van der Waals surface area (Å²) >= 11 is 0. The number of carbonyl (C=O) groups is 1. The van der Waals surface area contributed by atoms with Crippen molar-refractivity contribution in [1.82, 2.24) is 10.9 Å². The Bertz CT molecular complexity index is 991. The molecule has 0 spiro atoms. The van der Waals surface area contributed by atoms with Crippen molar-refractivity contribution in [3.8, 4) is 0 Å². The molecule has 3 N–H and O–H groups in total. The summed E-state index contributed by atoms with van der Waals surface area (Å²) in [5.41, 5.74) is 9.85. The van der Waals surface area contributed by atoms with Crippen LogP contribution < -0.4 is 15.6 Å². The Morgan fingerprint density at radius 2 is 1.63 bits per heavy atom. The third-order valence-corrected chi connectivity index (χ3v) is 5.51. The first kappa shape index (κ1) is 20.5. The summed E-state index contributed by atoms with van der Waals surface area (Å²) in [7, 11) is -3.81. The van der Waals surface area contributed by atoms with Gasteiger partial charge < -0.3 is 5.43 Å². The first-order valence-corrected chi connectivity index (χ1v) is 9.99. The number of benzene rings is 2. The van der Waals surface area contributed by atoms with E-state index in [1.807, 2.05) is 46.8 Å². The first-order chi connectivity index (χ1) is 12.6. The van der Waals surface area contributed by atoms with Crippen LogP contribution in [0, 0.1) is 13.8 Å². The molecule has 7 heteroatoms. The molecular weight excluding hydrogens is 362 g/mol. The van der Waals surface area contributed by atoms with Crippen molar-refractivity contribution in [2.75, 3.05) is 4.72 Å². The zero-order valence-corrected chi connectivity index (χ0v) is 17.0. The van der Waals surface area contributed by atoms with Gasteiger partial charge in [-0.1, -0.05) is 29.3 Å². The van der Waals surface area contributed by atoms with Crippen LogP contribution in [0.2, 0.25) is 0 Å². The Morgan fingerprint density at radius 3 is 2.26 bits per heavy atom. The molecule has 6 nitrogen and oxygen atoms in total. The molecule has 0 saturated carbocycles. The monoisotopic (exact) mass is 387 g/mol. The van der Waals surface area contributed by atoms with Gasteiger partial charge in [0.15, 0.2) is 0 Å². The molecule has 0 bridgehead atoms. The Kier molecular flexibility index (Phi) is 6.28. The average Bonchev–Trinajstić information content (AvgIpc) is 2.61. The van der Waals surface area contributed by atoms with Crippen LogP contribution in [-0.4, -0.2) is 14.3 Å². The van der Waals surface area contributed by atoms with Gasteiger partial charge in [-0.25, -0.2) is 8.42 Å². The molecule has 0 fully saturated rings. The van der Waals surface area contributed by atoms with Crippen LogP contribution in [0.1, 0.15) is 42.3 Å². The number of allylic oxidation sites excluding steroid dienone is 2. The summed E-state index contributed by atoms with van der Waals surface area (Å²) in [5.74, 6) is -0.417. The minimum Gasteiger partial charge on any atom is -0.303 e. The highest BCUT2D eigenvalue weighted by atomic mass is 32.2. The van der Waals surface area contributed by atoms with Crippen LogP contribution in [0.25, 0.3) is 0 Å². The van der Waals surface area contributed by atoms with E-state index in [9.17, 15) is 13.2 Å². The molecule has 0 radical (unpaired) electrons. The minimum absolute atomic E-state index is 0.0223. The van der Waals surface area contributed by atoms with E-state index in [1.54, 1.807) is 18.2 Å². The van der Waals surface area contributed by atoms with E-state index in [0.717, 1.165) is 22.4 Å². The van der Waals surface area contributed by atoms with Crippen LogP contribution in [0.4, 0.5) is 5.69 Å². The predicted octanol–water partition coefficient (Wildman–Crippen LogP) is 3.65. The molecule has 2 rings (SSSR count). The van der Waals surface area contributed by atoms with Gasteiger partial charge in [0.05, 0.1) is 10.6 Å². The predicted molar refractivity (Wildman–Crippen MR) is 108 cm³/mol. The first-order valence-electron chi connectivity index (χ1n) is 8.51. The van der Waals surface area contributed by atoms with E-state index in [2.05, 4.69) is 15.6 Å². The Labute approximate surface area is 160 Å². The second kappa shape index (κ2) is 8.26. The van der Waals surface area contributed by atoms with E-state index in [4.69, 9.17) is 0 Å². The van der Waals surface area contributed by atoms with Gasteiger partial charge in [-0.2, -0.15) is 0 Å². The van der Waals surface area contributed by atoms with Crippen LogP contribution in [0.3, 0.4) is 0 Å². The number of aryl methyl sites for hydroxylation is 2. The number of rotatable bonds is 6. The van der Waals surface area contributed by atoms with E-state index in [0.29, 0.717) is 5.69 Å². The molecule has 0 aliphatic rings. The number of hydrogen-bond donors (Lipinski definition) is 3. The maximum absolute atomic E-state index is 12.7. The molecule has 144 valence electrons. The van der Waals surface area contributed by atoms with Gasteiger partial charge in [0, 0.05) is 11.3 Å². The standard InChI is InChI=1S/C20H25N3O3S/c1-13(2)16(5)21-22-20(24)17-7-6-8-18(12-17)27(25,26)23-19-10-9-14(3)11-15(19)4/h6-12,21,23H,1-5H3,(H,22,24). The lowest BCUT2D eigenvalue weighted by Crippen LogP contribution is -2.36. The lowest BCUT2D eigenvalue weighted by atomic mass is 10.1. The molecule has 0 aliphatic carbocycles. The second-order valence-electron chi connectivity index (χ2n) is 6.66. The van der Waals surface area contributed by atoms with Gasteiger partial charge in [0.25, 0.3) is 15.9 Å². The van der Waals surface area contributed by atoms with Crippen molar-refractivity contribution in [1.29, 1.82) is 0 Å². The number of amides is 1. The number of sulfonamides is 1. The quantitative estimate of drug-likeness (QED) is 0.660. The fourth-order valence-electron chi connectivity index (χ4n) is 2.28. The second-order valence-corrected chi connectivity index (χ2v) is 8.34. The molecule has 27 heavy (non-hydrogen) atoms. The van der Waals surface area contributed by atoms with Gasteiger partial charge >= 0.3 is 0 Å². The number of hydrogen-bond acceptors (Lipinski definition) is 4. The number of hydrazine groups is 1. The topological polar surface area (TPSA) is 87.3 Å². The molecular formula is C20H25N3O3S. The average molecular weight is 388 g/mol. The fraction of sp³-hybridized carbons (Fsp3) is 0.250. The van der Waals surface area contributed by atoms with Crippen LogP contribution in [-0.2, 0) is 10.0 Å². The molecule has 0 heterocycles. The number of carbonyl (C=O) groups excluding carboxylic acids is 1. The molecule has 1 amide bonds. The zero-order chi connectivity index (χ0) is 20.2. The maximum Gasteiger partial charge on any atom is 0.269 e. The Morgan fingerprint density at radius 1 is 0.926 bits per heavy atom. The van der Waals surface area contributed by atoms with Crippen LogP contribution in [0.15, 0.2) is 58.6 Å². The van der Waals surface area contributed by atoms with Crippen molar-refractivity contribution >= 4 is 21.6 Å². The lowest BCUT2D eigenvalue weighted by molar-refractivity contribution is 0.0938. The van der Waals surface area contributed by atoms with Crippen LogP contribution >= 0.6 is 0 Å². The van der Waals surface area contributed by atoms with E-state index >= 15 is 0 Å². The van der Waals surface area contributed by atoms with Gasteiger partial charge in [-0.3, -0.25) is 14.9 Å². The van der Waals surface area contributed by atoms with Gasteiger partial charge in [0.1, 0.15) is 0 Å². The summed E-state index contributed by atoms with van der Waals surface area (Å²) in [4.78, 5) is 12.3. The summed E-state index contributed by atoms with van der Waals surface area (Å²) in [6.45, 7) is 9.45. The van der Waals surface area contributed by atoms with Gasteiger partial charge in [0.2, 0.25) is 0 Å². The molecule has 0 saturated heterocycles. The summed E-state index contributed by atoms with van der Waals surface area (Å²) in [6.07, 6.45) is 0. The van der Waals surface area contributed by atoms with Gasteiger partial charge in [-0.05, 0) is 64.4 Å². The van der Waals surface area contributed by atoms with Crippen molar-refractivity contribution in [3.05, 3.63) is 70.4 Å². The Hall–Kier alpha value is -2.80. The molecule has 0 aliphatic heterocycles. The summed E-state index contributed by atoms with van der Waals surface area (Å²) < 4.78 is 28.0. The molecule has 2 aromatic rings. The molecule has 0 atom stereocenters. The van der Waals surface area contributed by atoms with Crippen molar-refractivity contribution in [2.24, 2.45) is 0 Å². The SMILES string of the molecule is CC(C)=C(C)NNC(=O)c1cccc(S(=O)(=O)Nc2ccc(C)cc2C)c1. The number of anilines is 1. The van der Waals surface area contributed by atoms with Crippen LogP contribution in [0.5, 0.6) is 0 Å². The Balaban J connectivity index is 2.22. The normalized spacial score (nSPS) is 10.9.